The van der Waals surface area contributed by atoms with Gasteiger partial charge in [0.25, 0.3) is 0 Å². The number of fused-ring (bicyclic) bond motifs is 1. The van der Waals surface area contributed by atoms with Crippen molar-refractivity contribution in [1.82, 2.24) is 9.47 Å². The second kappa shape index (κ2) is 7.38. The number of thiophene rings is 1. The van der Waals surface area contributed by atoms with Crippen LogP contribution in [0.15, 0.2) is 17.5 Å². The Morgan fingerprint density at radius 2 is 2.08 bits per heavy atom. The molecule has 0 atom stereocenters. The first kappa shape index (κ1) is 17.0. The molecule has 0 unspecified atom stereocenters. The van der Waals surface area contributed by atoms with Gasteiger partial charge in [0.1, 0.15) is 12.2 Å². The minimum atomic E-state index is -0.367. The van der Waals surface area contributed by atoms with Gasteiger partial charge in [0.15, 0.2) is 0 Å². The number of ether oxygens (including phenoxy) is 1. The van der Waals surface area contributed by atoms with Gasteiger partial charge in [-0.3, -0.25) is 4.79 Å². The fourth-order valence-electron chi connectivity index (χ4n) is 3.44. The fraction of sp³-hybridized carbons (Fsp3) is 0.556. The number of esters is 1. The summed E-state index contributed by atoms with van der Waals surface area (Å²) in [5.74, 6) is -0.315. The second-order valence-corrected chi connectivity index (χ2v) is 7.25. The van der Waals surface area contributed by atoms with E-state index in [0.29, 0.717) is 18.3 Å². The van der Waals surface area contributed by atoms with Crippen LogP contribution in [0.3, 0.4) is 0 Å². The highest BCUT2D eigenvalue weighted by molar-refractivity contribution is 7.17. The SMILES string of the molecule is CCOC(=O)c1cc2sccc2n1CC(=O)N(C)C1CCCCC1. The van der Waals surface area contributed by atoms with Crippen molar-refractivity contribution < 1.29 is 14.3 Å². The van der Waals surface area contributed by atoms with Crippen LogP contribution in [-0.2, 0) is 16.1 Å². The third-order valence-corrected chi connectivity index (χ3v) is 5.67. The molecule has 0 N–H and O–H groups in total. The summed E-state index contributed by atoms with van der Waals surface area (Å²) in [5, 5.41) is 1.98. The van der Waals surface area contributed by atoms with E-state index in [2.05, 4.69) is 0 Å². The van der Waals surface area contributed by atoms with Crippen LogP contribution in [0.2, 0.25) is 0 Å². The number of amides is 1. The van der Waals surface area contributed by atoms with Gasteiger partial charge in [-0.25, -0.2) is 4.79 Å². The highest BCUT2D eigenvalue weighted by Crippen LogP contribution is 2.27. The van der Waals surface area contributed by atoms with Gasteiger partial charge in [-0.05, 0) is 37.3 Å². The molecule has 2 heterocycles. The van der Waals surface area contributed by atoms with E-state index in [4.69, 9.17) is 4.74 Å². The van der Waals surface area contributed by atoms with E-state index in [1.807, 2.05) is 29.5 Å². The molecule has 0 bridgehead atoms. The maximum absolute atomic E-state index is 12.8. The van der Waals surface area contributed by atoms with Crippen LogP contribution in [0.1, 0.15) is 49.5 Å². The highest BCUT2D eigenvalue weighted by Gasteiger charge is 2.25. The normalized spacial score (nSPS) is 15.6. The Bertz CT molecular complexity index is 728. The van der Waals surface area contributed by atoms with Crippen molar-refractivity contribution in [3.63, 3.8) is 0 Å². The number of nitrogens with zero attached hydrogens (tertiary/aromatic N) is 2. The molecule has 2 aromatic rings. The molecule has 0 radical (unpaired) electrons. The molecule has 1 fully saturated rings. The average molecular weight is 348 g/mol. The summed E-state index contributed by atoms with van der Waals surface area (Å²) in [7, 11) is 1.89. The van der Waals surface area contributed by atoms with Gasteiger partial charge in [-0.2, -0.15) is 0 Å². The van der Waals surface area contributed by atoms with E-state index in [1.165, 1.54) is 19.3 Å². The predicted octanol–water partition coefficient (Wildman–Crippen LogP) is 3.67. The molecule has 1 saturated carbocycles. The minimum absolute atomic E-state index is 0.0520. The lowest BCUT2D eigenvalue weighted by atomic mass is 9.94. The third kappa shape index (κ3) is 3.34. The Kier molecular flexibility index (Phi) is 5.23. The topological polar surface area (TPSA) is 51.5 Å². The molecule has 2 aromatic heterocycles. The van der Waals surface area contributed by atoms with Crippen LogP contribution in [0, 0.1) is 0 Å². The largest absolute Gasteiger partial charge is 0.461 e. The Morgan fingerprint density at radius 1 is 1.33 bits per heavy atom. The van der Waals surface area contributed by atoms with E-state index in [0.717, 1.165) is 23.1 Å². The van der Waals surface area contributed by atoms with Crippen LogP contribution in [0.4, 0.5) is 0 Å². The Morgan fingerprint density at radius 3 is 2.79 bits per heavy atom. The van der Waals surface area contributed by atoms with Crippen molar-refractivity contribution in [2.75, 3.05) is 13.7 Å². The first-order valence-corrected chi connectivity index (χ1v) is 9.49. The number of carbonyl (C=O) groups is 2. The maximum atomic E-state index is 12.8. The smallest absolute Gasteiger partial charge is 0.355 e. The molecule has 1 aliphatic rings. The Hall–Kier alpha value is -1.82. The number of aromatic nitrogens is 1. The lowest BCUT2D eigenvalue weighted by Crippen LogP contribution is -2.40. The first-order valence-electron chi connectivity index (χ1n) is 8.61. The number of rotatable bonds is 5. The molecular weight excluding hydrogens is 324 g/mol. The van der Waals surface area contributed by atoms with Crippen LogP contribution >= 0.6 is 11.3 Å². The number of hydrogen-bond donors (Lipinski definition) is 0. The van der Waals surface area contributed by atoms with E-state index in [9.17, 15) is 9.59 Å². The van der Waals surface area contributed by atoms with Crippen molar-refractivity contribution in [3.8, 4) is 0 Å². The Balaban J connectivity index is 1.82. The van der Waals surface area contributed by atoms with Gasteiger partial charge in [-0.15, -0.1) is 11.3 Å². The van der Waals surface area contributed by atoms with Gasteiger partial charge >= 0.3 is 5.97 Å². The van der Waals surface area contributed by atoms with E-state index >= 15 is 0 Å². The molecule has 1 aliphatic carbocycles. The summed E-state index contributed by atoms with van der Waals surface area (Å²) in [4.78, 5) is 26.9. The van der Waals surface area contributed by atoms with E-state index in [-0.39, 0.29) is 18.4 Å². The van der Waals surface area contributed by atoms with Crippen LogP contribution in [0.25, 0.3) is 10.2 Å². The minimum Gasteiger partial charge on any atom is -0.461 e. The zero-order chi connectivity index (χ0) is 17.1. The van der Waals surface area contributed by atoms with Crippen LogP contribution in [0.5, 0.6) is 0 Å². The molecule has 24 heavy (non-hydrogen) atoms. The van der Waals surface area contributed by atoms with Crippen LogP contribution in [-0.4, -0.2) is 41.0 Å². The predicted molar refractivity (Wildman–Crippen MR) is 95.4 cm³/mol. The summed E-state index contributed by atoms with van der Waals surface area (Å²) in [6.07, 6.45) is 5.79. The molecule has 130 valence electrons. The lowest BCUT2D eigenvalue weighted by molar-refractivity contribution is -0.133. The fourth-order valence-corrected chi connectivity index (χ4v) is 4.26. The van der Waals surface area contributed by atoms with Gasteiger partial charge < -0.3 is 14.2 Å². The molecule has 0 spiro atoms. The van der Waals surface area contributed by atoms with Crippen molar-refractivity contribution in [2.45, 2.75) is 51.6 Å². The lowest BCUT2D eigenvalue weighted by Gasteiger charge is -2.31. The number of likely N-dealkylation sites (N-methyl/N-ethyl adjacent to an activating group) is 1. The zero-order valence-electron chi connectivity index (χ0n) is 14.3. The van der Waals surface area contributed by atoms with E-state index in [1.54, 1.807) is 22.8 Å². The second-order valence-electron chi connectivity index (χ2n) is 6.30. The Labute approximate surface area is 146 Å². The first-order chi connectivity index (χ1) is 11.6. The number of hydrogen-bond acceptors (Lipinski definition) is 4. The summed E-state index contributed by atoms with van der Waals surface area (Å²) in [6, 6.07) is 4.11. The summed E-state index contributed by atoms with van der Waals surface area (Å²) in [5.41, 5.74) is 1.39. The monoisotopic (exact) mass is 348 g/mol. The standard InChI is InChI=1S/C18H24N2O3S/c1-3-23-18(22)15-11-16-14(9-10-24-16)20(15)12-17(21)19(2)13-7-5-4-6-8-13/h9-11,13H,3-8,12H2,1-2H3. The summed E-state index contributed by atoms with van der Waals surface area (Å²) in [6.45, 7) is 2.30. The van der Waals surface area contributed by atoms with E-state index < -0.39 is 0 Å². The zero-order valence-corrected chi connectivity index (χ0v) is 15.1. The quantitative estimate of drug-likeness (QED) is 0.775. The van der Waals surface area contributed by atoms with Crippen molar-refractivity contribution >= 4 is 33.4 Å². The van der Waals surface area contributed by atoms with Gasteiger partial charge in [0.05, 0.1) is 16.8 Å². The molecule has 5 nitrogen and oxygen atoms in total. The van der Waals surface area contributed by atoms with Gasteiger partial charge in [-0.1, -0.05) is 19.3 Å². The van der Waals surface area contributed by atoms with Crippen LogP contribution < -0.4 is 0 Å². The van der Waals surface area contributed by atoms with Crippen molar-refractivity contribution in [1.29, 1.82) is 0 Å². The molecule has 3 rings (SSSR count). The highest BCUT2D eigenvalue weighted by atomic mass is 32.1. The van der Waals surface area contributed by atoms with Gasteiger partial charge in [0.2, 0.25) is 5.91 Å². The molecular formula is C18H24N2O3S. The van der Waals surface area contributed by atoms with Crippen molar-refractivity contribution in [3.05, 3.63) is 23.2 Å². The molecule has 0 saturated heterocycles. The maximum Gasteiger partial charge on any atom is 0.355 e. The third-order valence-electron chi connectivity index (χ3n) is 4.82. The van der Waals surface area contributed by atoms with Gasteiger partial charge in [0, 0.05) is 13.1 Å². The molecule has 0 aromatic carbocycles. The molecule has 6 heteroatoms. The average Bonchev–Trinajstić information content (AvgIpc) is 3.18. The molecule has 0 aliphatic heterocycles. The summed E-state index contributed by atoms with van der Waals surface area (Å²) < 4.78 is 7.95. The van der Waals surface area contributed by atoms with Crippen molar-refractivity contribution in [2.24, 2.45) is 0 Å². The number of carbonyl (C=O) groups excluding carboxylic acids is 2. The molecule has 1 amide bonds. The summed E-state index contributed by atoms with van der Waals surface area (Å²) >= 11 is 1.57.